The van der Waals surface area contributed by atoms with Crippen molar-refractivity contribution in [3.8, 4) is 0 Å². The molecular weight excluding hydrogens is 410 g/mol. The lowest BCUT2D eigenvalue weighted by atomic mass is 10.2. The number of nitrogens with one attached hydrogen (secondary N) is 1. The molecule has 3 rings (SSSR count). The number of benzene rings is 1. The molecule has 0 saturated heterocycles. The van der Waals surface area contributed by atoms with E-state index in [1.54, 1.807) is 39.0 Å². The van der Waals surface area contributed by atoms with Crippen molar-refractivity contribution >= 4 is 28.6 Å². The van der Waals surface area contributed by atoms with Gasteiger partial charge in [-0.3, -0.25) is 15.4 Å². The molecule has 1 N–H and O–H groups in total. The van der Waals surface area contributed by atoms with E-state index in [0.29, 0.717) is 29.1 Å². The molecule has 0 aliphatic heterocycles. The maximum atomic E-state index is 12.2. The number of fused-ring (bicyclic) bond motifs is 1. The lowest BCUT2D eigenvalue weighted by Gasteiger charge is -2.20. The molecule has 2 heterocycles. The van der Waals surface area contributed by atoms with Crippen molar-refractivity contribution in [2.24, 2.45) is 0 Å². The molecule has 32 heavy (non-hydrogen) atoms. The first kappa shape index (κ1) is 23.2. The molecule has 9 nitrogen and oxygen atoms in total. The van der Waals surface area contributed by atoms with Crippen molar-refractivity contribution < 1.29 is 14.5 Å². The highest BCUT2D eigenvalue weighted by molar-refractivity contribution is 5.88. The van der Waals surface area contributed by atoms with Crippen LogP contribution < -0.4 is 5.32 Å². The molecule has 0 radical (unpaired) electrons. The fraction of sp³-hybridized carbons (Fsp3) is 0.435. The van der Waals surface area contributed by atoms with Gasteiger partial charge in [-0.25, -0.2) is 14.8 Å². The Bertz CT molecular complexity index is 1150. The number of unbranched alkanes of at least 4 members (excludes halogenated alkanes) is 1. The van der Waals surface area contributed by atoms with E-state index >= 15 is 0 Å². The van der Waals surface area contributed by atoms with Gasteiger partial charge in [0.25, 0.3) is 5.69 Å². The highest BCUT2D eigenvalue weighted by Gasteiger charge is 2.19. The first-order valence-electron chi connectivity index (χ1n) is 10.7. The minimum absolute atomic E-state index is 0.0509. The third-order valence-corrected chi connectivity index (χ3v) is 4.84. The van der Waals surface area contributed by atoms with E-state index in [-0.39, 0.29) is 5.69 Å². The van der Waals surface area contributed by atoms with Crippen molar-refractivity contribution in [1.29, 1.82) is 0 Å². The van der Waals surface area contributed by atoms with Gasteiger partial charge in [0.05, 0.1) is 22.8 Å². The normalized spacial score (nSPS) is 11.5. The summed E-state index contributed by atoms with van der Waals surface area (Å²) in [6.45, 7) is 9.74. The zero-order valence-electron chi connectivity index (χ0n) is 19.1. The molecule has 3 aromatic rings. The van der Waals surface area contributed by atoms with Crippen molar-refractivity contribution in [3.63, 3.8) is 0 Å². The number of carbonyl (C=O) groups excluding carboxylic acids is 1. The lowest BCUT2D eigenvalue weighted by Crippen LogP contribution is -2.27. The molecule has 1 amide bonds. The highest BCUT2D eigenvalue weighted by Crippen LogP contribution is 2.25. The summed E-state index contributed by atoms with van der Waals surface area (Å²) in [6.07, 6.45) is 2.18. The van der Waals surface area contributed by atoms with Crippen molar-refractivity contribution in [2.75, 3.05) is 5.32 Å². The summed E-state index contributed by atoms with van der Waals surface area (Å²) < 4.78 is 7.34. The van der Waals surface area contributed by atoms with Gasteiger partial charge in [-0.1, -0.05) is 25.5 Å². The van der Waals surface area contributed by atoms with Crippen LogP contribution in [-0.4, -0.2) is 31.2 Å². The van der Waals surface area contributed by atoms with Gasteiger partial charge in [0.2, 0.25) is 0 Å². The predicted molar refractivity (Wildman–Crippen MR) is 123 cm³/mol. The van der Waals surface area contributed by atoms with E-state index in [2.05, 4.69) is 12.2 Å². The number of rotatable bonds is 7. The van der Waals surface area contributed by atoms with Crippen molar-refractivity contribution in [2.45, 2.75) is 66.0 Å². The molecule has 0 saturated carbocycles. The van der Waals surface area contributed by atoms with E-state index < -0.39 is 16.6 Å². The molecule has 170 valence electrons. The van der Waals surface area contributed by atoms with Crippen molar-refractivity contribution in [1.82, 2.24) is 14.5 Å². The molecule has 0 spiro atoms. The Balaban J connectivity index is 1.99. The van der Waals surface area contributed by atoms with E-state index in [1.165, 1.54) is 6.07 Å². The molecule has 1 aromatic carbocycles. The minimum Gasteiger partial charge on any atom is -0.444 e. The van der Waals surface area contributed by atoms with E-state index in [0.717, 1.165) is 30.7 Å². The zero-order valence-corrected chi connectivity index (χ0v) is 19.1. The summed E-state index contributed by atoms with van der Waals surface area (Å²) in [5, 5.41) is 13.9. The topological polar surface area (TPSA) is 112 Å². The number of anilines is 1. The van der Waals surface area contributed by atoms with Gasteiger partial charge in [0, 0.05) is 18.6 Å². The Morgan fingerprint density at radius 3 is 2.66 bits per heavy atom. The fourth-order valence-electron chi connectivity index (χ4n) is 3.37. The van der Waals surface area contributed by atoms with Crippen LogP contribution in [0.2, 0.25) is 0 Å². The Morgan fingerprint density at radius 1 is 1.25 bits per heavy atom. The summed E-state index contributed by atoms with van der Waals surface area (Å²) in [6, 6.07) is 8.37. The number of nitro groups is 1. The van der Waals surface area contributed by atoms with Crippen LogP contribution in [0.25, 0.3) is 11.2 Å². The molecule has 0 atom stereocenters. The number of hydrogen-bond acceptors (Lipinski definition) is 6. The fourth-order valence-corrected chi connectivity index (χ4v) is 3.37. The van der Waals surface area contributed by atoms with E-state index in [4.69, 9.17) is 14.7 Å². The number of hydrogen-bond donors (Lipinski definition) is 1. The second-order valence-electron chi connectivity index (χ2n) is 8.74. The standard InChI is InChI=1S/C23H29N5O4/c1-6-7-11-20-25-19-13-18(26-22(29)32-23(3,4)5)15(2)24-21(19)27(20)14-16-9-8-10-17(12-16)28(30)31/h8-10,12-13H,6-7,11,14H2,1-5H3,(H,26,29). The number of amides is 1. The summed E-state index contributed by atoms with van der Waals surface area (Å²) in [7, 11) is 0. The number of pyridine rings is 1. The number of nitro benzene ring substituents is 1. The summed E-state index contributed by atoms with van der Waals surface area (Å²) >= 11 is 0. The van der Waals surface area contributed by atoms with Crippen LogP contribution >= 0.6 is 0 Å². The maximum Gasteiger partial charge on any atom is 0.412 e. The van der Waals surface area contributed by atoms with Crippen molar-refractivity contribution in [3.05, 3.63) is 57.5 Å². The Morgan fingerprint density at radius 2 is 2.00 bits per heavy atom. The van der Waals surface area contributed by atoms with Crippen LogP contribution in [0.4, 0.5) is 16.2 Å². The lowest BCUT2D eigenvalue weighted by molar-refractivity contribution is -0.384. The van der Waals surface area contributed by atoms with Crippen LogP contribution in [0.5, 0.6) is 0 Å². The number of imidazole rings is 1. The van der Waals surface area contributed by atoms with Crippen LogP contribution in [0, 0.1) is 17.0 Å². The molecular formula is C23H29N5O4. The second-order valence-corrected chi connectivity index (χ2v) is 8.74. The number of aryl methyl sites for hydroxylation is 2. The van der Waals surface area contributed by atoms with Crippen LogP contribution in [0.3, 0.4) is 0 Å². The summed E-state index contributed by atoms with van der Waals surface area (Å²) in [5.41, 5.74) is 2.73. The minimum atomic E-state index is -0.608. The number of non-ortho nitro benzene ring substituents is 1. The summed E-state index contributed by atoms with van der Waals surface area (Å²) in [4.78, 5) is 32.4. The number of ether oxygens (including phenoxy) is 1. The predicted octanol–water partition coefficient (Wildman–Crippen LogP) is 5.39. The summed E-state index contributed by atoms with van der Waals surface area (Å²) in [5.74, 6) is 0.856. The van der Waals surface area contributed by atoms with Crippen LogP contribution in [0.15, 0.2) is 30.3 Å². The quantitative estimate of drug-likeness (QED) is 0.390. The second kappa shape index (κ2) is 9.33. The Hall–Kier alpha value is -3.49. The first-order valence-corrected chi connectivity index (χ1v) is 10.7. The zero-order chi connectivity index (χ0) is 23.5. The molecule has 0 aliphatic carbocycles. The number of nitrogens with zero attached hydrogens (tertiary/aromatic N) is 4. The molecule has 0 bridgehead atoms. The van der Waals surface area contributed by atoms with Gasteiger partial charge in [0.15, 0.2) is 5.65 Å². The molecule has 0 aliphatic rings. The van der Waals surface area contributed by atoms with Gasteiger partial charge < -0.3 is 9.30 Å². The highest BCUT2D eigenvalue weighted by atomic mass is 16.6. The van der Waals surface area contributed by atoms with Crippen LogP contribution in [-0.2, 0) is 17.7 Å². The number of aromatic nitrogens is 3. The molecule has 2 aromatic heterocycles. The van der Waals surface area contributed by atoms with E-state index in [1.807, 2.05) is 17.6 Å². The average molecular weight is 440 g/mol. The van der Waals surface area contributed by atoms with Gasteiger partial charge in [0.1, 0.15) is 16.9 Å². The monoisotopic (exact) mass is 439 g/mol. The van der Waals surface area contributed by atoms with Gasteiger partial charge in [-0.2, -0.15) is 0 Å². The largest absolute Gasteiger partial charge is 0.444 e. The van der Waals surface area contributed by atoms with Crippen LogP contribution in [0.1, 0.15) is 57.6 Å². The van der Waals surface area contributed by atoms with E-state index in [9.17, 15) is 14.9 Å². The molecule has 9 heteroatoms. The van der Waals surface area contributed by atoms with Gasteiger partial charge in [-0.15, -0.1) is 0 Å². The smallest absolute Gasteiger partial charge is 0.412 e. The van der Waals surface area contributed by atoms with Gasteiger partial charge in [-0.05, 0) is 45.7 Å². The number of carbonyl (C=O) groups is 1. The third-order valence-electron chi connectivity index (χ3n) is 4.84. The SMILES string of the molecule is CCCCc1nc2cc(NC(=O)OC(C)(C)C)c(C)nc2n1Cc1cccc([N+](=O)[O-])c1. The van der Waals surface area contributed by atoms with Gasteiger partial charge >= 0.3 is 6.09 Å². The first-order chi connectivity index (χ1) is 15.1. The molecule has 0 unspecified atom stereocenters. The Labute approximate surface area is 187 Å². The average Bonchev–Trinajstić information content (AvgIpc) is 3.01. The Kier molecular flexibility index (Phi) is 6.76. The maximum absolute atomic E-state index is 12.2. The third kappa shape index (κ3) is 5.60. The molecule has 0 fully saturated rings.